The third-order valence-corrected chi connectivity index (χ3v) is 16.6. The number of carbonyl (C=O) groups excluding carboxylic acids is 2. The summed E-state index contributed by atoms with van der Waals surface area (Å²) in [6.07, 6.45) is 92.3. The van der Waals surface area contributed by atoms with E-state index in [4.69, 9.17) is 18.5 Å². The molecular weight excluding hydrogens is 1090 g/mol. The van der Waals surface area contributed by atoms with E-state index in [0.717, 1.165) is 96.3 Å². The summed E-state index contributed by atoms with van der Waals surface area (Å²) in [5.41, 5.74) is 0. The number of carbonyl (C=O) groups is 2. The van der Waals surface area contributed by atoms with Crippen LogP contribution in [0.3, 0.4) is 0 Å². The Kier molecular flexibility index (Phi) is 64.0. The fourth-order valence-electron chi connectivity index (χ4n) is 10.2. The van der Waals surface area contributed by atoms with Gasteiger partial charge in [-0.1, -0.05) is 329 Å². The van der Waals surface area contributed by atoms with E-state index < -0.39 is 26.5 Å². The maximum Gasteiger partial charge on any atom is 0.472 e. The number of allylic oxidation sites excluding steroid dienone is 16. The van der Waals surface area contributed by atoms with Crippen LogP contribution in [0.5, 0.6) is 0 Å². The largest absolute Gasteiger partial charge is 0.472 e. The zero-order valence-corrected chi connectivity index (χ0v) is 57.7. The van der Waals surface area contributed by atoms with Gasteiger partial charge in [0.15, 0.2) is 6.10 Å². The van der Waals surface area contributed by atoms with Gasteiger partial charge in [0.05, 0.1) is 27.7 Å². The number of esters is 2. The Labute approximate surface area is 532 Å². The highest BCUT2D eigenvalue weighted by Gasteiger charge is 2.27. The molecular formula is C76H137NO8P+. The van der Waals surface area contributed by atoms with Crippen LogP contribution in [0, 0.1) is 0 Å². The fourth-order valence-corrected chi connectivity index (χ4v) is 10.9. The van der Waals surface area contributed by atoms with E-state index in [0.29, 0.717) is 17.4 Å². The first-order valence-corrected chi connectivity index (χ1v) is 37.5. The summed E-state index contributed by atoms with van der Waals surface area (Å²) >= 11 is 0. The Morgan fingerprint density at radius 1 is 0.372 bits per heavy atom. The van der Waals surface area contributed by atoms with Crippen LogP contribution in [0.2, 0.25) is 0 Å². The molecule has 86 heavy (non-hydrogen) atoms. The lowest BCUT2D eigenvalue weighted by Crippen LogP contribution is -2.37. The predicted molar refractivity (Wildman–Crippen MR) is 372 cm³/mol. The second kappa shape index (κ2) is 66.4. The lowest BCUT2D eigenvalue weighted by molar-refractivity contribution is -0.870. The van der Waals surface area contributed by atoms with Gasteiger partial charge < -0.3 is 18.9 Å². The molecule has 0 aromatic rings. The van der Waals surface area contributed by atoms with Crippen LogP contribution >= 0.6 is 7.82 Å². The number of quaternary nitrogens is 1. The summed E-state index contributed by atoms with van der Waals surface area (Å²) in [4.78, 5) is 35.9. The van der Waals surface area contributed by atoms with Crippen LogP contribution in [-0.2, 0) is 32.7 Å². The first-order valence-electron chi connectivity index (χ1n) is 36.0. The molecule has 0 fully saturated rings. The molecule has 0 spiro atoms. The Morgan fingerprint density at radius 2 is 0.663 bits per heavy atom. The zero-order valence-electron chi connectivity index (χ0n) is 56.8. The van der Waals surface area contributed by atoms with Crippen molar-refractivity contribution in [3.05, 3.63) is 97.2 Å². The van der Waals surface area contributed by atoms with Crippen LogP contribution in [-0.4, -0.2) is 74.9 Å². The van der Waals surface area contributed by atoms with E-state index >= 15 is 0 Å². The molecule has 1 N–H and O–H groups in total. The van der Waals surface area contributed by atoms with E-state index in [9.17, 15) is 19.0 Å². The van der Waals surface area contributed by atoms with Gasteiger partial charge in [-0.25, -0.2) is 4.57 Å². The standard InChI is InChI=1S/C76H136NO8P/c1-6-8-10-12-14-16-18-20-22-24-26-28-30-32-34-36-37-38-39-41-43-45-47-49-51-53-55-57-59-61-63-65-67-69-76(79)85-74(73-84-86(80,81)83-71-70-77(3,4)5)72-82-75(78)68-66-64-62-60-58-56-54-52-50-48-46-44-42-40-35-33-31-29-27-25-23-21-19-17-15-13-11-9-7-2/h8,10,14,16,20,22,26,28,32,34,37-38,41,43,47,49,74H,6-7,9,11-13,15,17-19,21,23-25,27,29-31,33,35-36,39-40,42,44-46,48,50-73H2,1-5H3/p+1/b10-8-,16-14-,22-20-,28-26-,34-32-,38-37-,43-41-,49-47-. The maximum absolute atomic E-state index is 12.9. The van der Waals surface area contributed by atoms with Crippen molar-refractivity contribution in [3.8, 4) is 0 Å². The summed E-state index contributed by atoms with van der Waals surface area (Å²) < 4.78 is 34.7. The van der Waals surface area contributed by atoms with E-state index in [2.05, 4.69) is 111 Å². The predicted octanol–water partition coefficient (Wildman–Crippen LogP) is 23.5. The number of phosphoric acid groups is 1. The maximum atomic E-state index is 12.9. The zero-order chi connectivity index (χ0) is 62.6. The SMILES string of the molecule is CC/C=C\C/C=C\C/C=C\C/C=C\C/C=C\C/C=C\C/C=C\C/C=C\CCCCCCCCCCC(=O)OC(COC(=O)CCCCCCCCCCCCCCCCCCCCCCCCCCCCCCC)COP(=O)(O)OCC[N+](C)(C)C. The molecule has 0 saturated heterocycles. The van der Waals surface area contributed by atoms with Gasteiger partial charge >= 0.3 is 19.8 Å². The minimum absolute atomic E-state index is 0.0273. The second-order valence-electron chi connectivity index (χ2n) is 25.3. The van der Waals surface area contributed by atoms with Crippen molar-refractivity contribution in [3.63, 3.8) is 0 Å². The molecule has 0 aliphatic heterocycles. The minimum Gasteiger partial charge on any atom is -0.462 e. The molecule has 0 heterocycles. The Bertz CT molecular complexity index is 1770. The molecule has 2 atom stereocenters. The van der Waals surface area contributed by atoms with E-state index in [-0.39, 0.29) is 32.0 Å². The highest BCUT2D eigenvalue weighted by atomic mass is 31.2. The Morgan fingerprint density at radius 3 is 0.988 bits per heavy atom. The van der Waals surface area contributed by atoms with Crippen molar-refractivity contribution in [2.75, 3.05) is 47.5 Å². The summed E-state index contributed by atoms with van der Waals surface area (Å²) in [6.45, 7) is 4.35. The third kappa shape index (κ3) is 70.0. The number of rotatable bonds is 66. The van der Waals surface area contributed by atoms with Crippen molar-refractivity contribution >= 4 is 19.8 Å². The van der Waals surface area contributed by atoms with Crippen LogP contribution in [0.4, 0.5) is 0 Å². The number of hydrogen-bond donors (Lipinski definition) is 1. The summed E-state index contributed by atoms with van der Waals surface area (Å²) in [5, 5.41) is 0. The number of hydrogen-bond acceptors (Lipinski definition) is 7. The Hall–Kier alpha value is -3.07. The first-order chi connectivity index (χ1) is 42.0. The number of unbranched alkanes of at least 4 members (excludes halogenated alkanes) is 36. The van der Waals surface area contributed by atoms with E-state index in [1.165, 1.54) is 193 Å². The monoisotopic (exact) mass is 1220 g/mol. The average molecular weight is 1220 g/mol. The van der Waals surface area contributed by atoms with Crippen molar-refractivity contribution in [1.82, 2.24) is 0 Å². The van der Waals surface area contributed by atoms with Crippen LogP contribution in [0.1, 0.15) is 322 Å². The first kappa shape index (κ1) is 82.9. The van der Waals surface area contributed by atoms with Gasteiger partial charge in [-0.05, 0) is 77.0 Å². The molecule has 2 unspecified atom stereocenters. The third-order valence-electron chi connectivity index (χ3n) is 15.6. The van der Waals surface area contributed by atoms with Gasteiger partial charge in [-0.15, -0.1) is 0 Å². The number of phosphoric ester groups is 1. The highest BCUT2D eigenvalue weighted by Crippen LogP contribution is 2.43. The summed E-state index contributed by atoms with van der Waals surface area (Å²) in [5.74, 6) is -0.798. The van der Waals surface area contributed by atoms with Crippen LogP contribution < -0.4 is 0 Å². The normalized spacial score (nSPS) is 13.7. The molecule has 0 saturated carbocycles. The quantitative estimate of drug-likeness (QED) is 0.0211. The molecule has 10 heteroatoms. The molecule has 0 radical (unpaired) electrons. The Balaban J connectivity index is 4.07. The molecule has 0 bridgehead atoms. The lowest BCUT2D eigenvalue weighted by atomic mass is 10.0. The van der Waals surface area contributed by atoms with E-state index in [1.807, 2.05) is 21.1 Å². The average Bonchev–Trinajstić information content (AvgIpc) is 3.70. The van der Waals surface area contributed by atoms with Gasteiger partial charge in [0.25, 0.3) is 0 Å². The second-order valence-corrected chi connectivity index (χ2v) is 26.7. The lowest BCUT2D eigenvalue weighted by Gasteiger charge is -2.24. The smallest absolute Gasteiger partial charge is 0.462 e. The number of nitrogens with zero attached hydrogens (tertiary/aromatic N) is 1. The van der Waals surface area contributed by atoms with Crippen molar-refractivity contribution in [2.24, 2.45) is 0 Å². The van der Waals surface area contributed by atoms with Gasteiger partial charge in [0.2, 0.25) is 0 Å². The molecule has 0 aliphatic carbocycles. The molecule has 0 amide bonds. The minimum atomic E-state index is -4.40. The van der Waals surface area contributed by atoms with Crippen LogP contribution in [0.15, 0.2) is 97.2 Å². The molecule has 0 aromatic carbocycles. The van der Waals surface area contributed by atoms with Crippen molar-refractivity contribution in [2.45, 2.75) is 328 Å². The van der Waals surface area contributed by atoms with Crippen molar-refractivity contribution in [1.29, 1.82) is 0 Å². The summed E-state index contributed by atoms with van der Waals surface area (Å²) in [6, 6.07) is 0. The van der Waals surface area contributed by atoms with Gasteiger partial charge in [-0.2, -0.15) is 0 Å². The number of ether oxygens (including phenoxy) is 2. The van der Waals surface area contributed by atoms with Gasteiger partial charge in [-0.3, -0.25) is 18.6 Å². The summed E-state index contributed by atoms with van der Waals surface area (Å²) in [7, 11) is 1.47. The molecule has 498 valence electrons. The molecule has 0 aliphatic rings. The molecule has 0 aromatic heterocycles. The molecule has 0 rings (SSSR count). The molecule has 9 nitrogen and oxygen atoms in total. The number of likely N-dealkylation sites (N-methyl/N-ethyl adjacent to an activating group) is 1. The van der Waals surface area contributed by atoms with Crippen molar-refractivity contribution < 1.29 is 42.1 Å². The topological polar surface area (TPSA) is 108 Å². The van der Waals surface area contributed by atoms with Gasteiger partial charge in [0, 0.05) is 12.8 Å². The fraction of sp³-hybridized carbons (Fsp3) is 0.763. The van der Waals surface area contributed by atoms with Crippen LogP contribution in [0.25, 0.3) is 0 Å². The van der Waals surface area contributed by atoms with Gasteiger partial charge in [0.1, 0.15) is 19.8 Å². The van der Waals surface area contributed by atoms with E-state index in [1.54, 1.807) is 0 Å². The highest BCUT2D eigenvalue weighted by molar-refractivity contribution is 7.47.